The van der Waals surface area contributed by atoms with Gasteiger partial charge in [-0.15, -0.1) is 0 Å². The quantitative estimate of drug-likeness (QED) is 0.422. The number of rotatable bonds is 7. The van der Waals surface area contributed by atoms with E-state index in [2.05, 4.69) is 16.5 Å². The molecule has 0 saturated heterocycles. The van der Waals surface area contributed by atoms with E-state index in [9.17, 15) is 4.79 Å². The van der Waals surface area contributed by atoms with Crippen LogP contribution in [-0.4, -0.2) is 27.3 Å². The van der Waals surface area contributed by atoms with Gasteiger partial charge in [0, 0.05) is 23.4 Å². The summed E-state index contributed by atoms with van der Waals surface area (Å²) in [6.45, 7) is 7.91. The first kappa shape index (κ1) is 20.6. The van der Waals surface area contributed by atoms with E-state index in [0.29, 0.717) is 23.4 Å². The Bertz CT molecular complexity index is 954. The highest BCUT2D eigenvalue weighted by Gasteiger charge is 2.63. The van der Waals surface area contributed by atoms with Crippen LogP contribution in [0.2, 0.25) is 0 Å². The van der Waals surface area contributed by atoms with E-state index in [1.54, 1.807) is 36.7 Å². The van der Waals surface area contributed by atoms with Crippen LogP contribution in [0.1, 0.15) is 30.3 Å². The SMILES string of the molecule is C=C(/C=C\C(=C/C)c1ncc(C)cn1)[C@H]1C[C@@]1(c1ccccc1)C(F)C(=O)NO. The van der Waals surface area contributed by atoms with E-state index < -0.39 is 17.5 Å². The van der Waals surface area contributed by atoms with Crippen LogP contribution in [0.15, 0.2) is 73.1 Å². The summed E-state index contributed by atoms with van der Waals surface area (Å²) in [6, 6.07) is 9.04. The molecule has 1 aliphatic carbocycles. The Balaban J connectivity index is 1.84. The van der Waals surface area contributed by atoms with Crippen LogP contribution in [-0.2, 0) is 10.2 Å². The van der Waals surface area contributed by atoms with E-state index in [4.69, 9.17) is 5.21 Å². The van der Waals surface area contributed by atoms with Gasteiger partial charge in [-0.3, -0.25) is 10.0 Å². The number of alkyl halides is 1. The minimum Gasteiger partial charge on any atom is -0.289 e. The molecule has 1 amide bonds. The molecule has 1 aliphatic rings. The maximum absolute atomic E-state index is 15.0. The molecule has 1 saturated carbocycles. The molecule has 1 heterocycles. The minimum absolute atomic E-state index is 0.259. The van der Waals surface area contributed by atoms with Gasteiger partial charge in [-0.1, -0.05) is 60.7 Å². The van der Waals surface area contributed by atoms with E-state index in [1.807, 2.05) is 38.1 Å². The van der Waals surface area contributed by atoms with Gasteiger partial charge in [-0.05, 0) is 37.3 Å². The molecule has 0 spiro atoms. The summed E-state index contributed by atoms with van der Waals surface area (Å²) < 4.78 is 15.0. The number of nitrogens with one attached hydrogen (secondary N) is 1. The Kier molecular flexibility index (Phi) is 6.03. The van der Waals surface area contributed by atoms with Crippen molar-refractivity contribution in [2.45, 2.75) is 31.9 Å². The Hall–Kier alpha value is -3.12. The van der Waals surface area contributed by atoms with Gasteiger partial charge in [-0.25, -0.2) is 19.8 Å². The molecule has 3 atom stereocenters. The topological polar surface area (TPSA) is 75.1 Å². The van der Waals surface area contributed by atoms with Crippen LogP contribution in [0.3, 0.4) is 0 Å². The first-order valence-corrected chi connectivity index (χ1v) is 9.39. The lowest BCUT2D eigenvalue weighted by Gasteiger charge is -2.21. The highest BCUT2D eigenvalue weighted by Crippen LogP contribution is 2.61. The normalized spacial score (nSPS) is 22.3. The van der Waals surface area contributed by atoms with Gasteiger partial charge >= 0.3 is 0 Å². The maximum Gasteiger partial charge on any atom is 0.278 e. The Morgan fingerprint density at radius 3 is 2.55 bits per heavy atom. The molecule has 0 bridgehead atoms. The third kappa shape index (κ3) is 4.03. The summed E-state index contributed by atoms with van der Waals surface area (Å²) in [6.07, 6.45) is 7.60. The zero-order valence-electron chi connectivity index (χ0n) is 16.5. The van der Waals surface area contributed by atoms with Crippen molar-refractivity contribution in [3.63, 3.8) is 0 Å². The predicted octanol–water partition coefficient (Wildman–Crippen LogP) is 4.10. The van der Waals surface area contributed by atoms with Crippen molar-refractivity contribution in [1.29, 1.82) is 0 Å². The van der Waals surface area contributed by atoms with E-state index in [1.165, 1.54) is 5.48 Å². The zero-order valence-corrected chi connectivity index (χ0v) is 16.5. The zero-order chi connectivity index (χ0) is 21.0. The molecule has 0 aliphatic heterocycles. The van der Waals surface area contributed by atoms with Crippen LogP contribution in [0.5, 0.6) is 0 Å². The molecular formula is C23H24FN3O2. The van der Waals surface area contributed by atoms with Crippen molar-refractivity contribution in [3.05, 3.63) is 90.1 Å². The molecule has 6 heteroatoms. The van der Waals surface area contributed by atoms with Gasteiger partial charge in [0.25, 0.3) is 5.91 Å². The molecular weight excluding hydrogens is 369 g/mol. The van der Waals surface area contributed by atoms with Crippen LogP contribution in [0.25, 0.3) is 5.57 Å². The molecule has 29 heavy (non-hydrogen) atoms. The number of benzene rings is 1. The summed E-state index contributed by atoms with van der Waals surface area (Å²) in [7, 11) is 0. The fraction of sp³-hybridized carbons (Fsp3) is 0.261. The number of carbonyl (C=O) groups excluding carboxylic acids is 1. The molecule has 1 aromatic heterocycles. The highest BCUT2D eigenvalue weighted by molar-refractivity contribution is 5.83. The van der Waals surface area contributed by atoms with Gasteiger partial charge in [0.15, 0.2) is 12.0 Å². The second-order valence-electron chi connectivity index (χ2n) is 7.24. The number of nitrogens with zero attached hydrogens (tertiary/aromatic N) is 2. The molecule has 2 N–H and O–H groups in total. The molecule has 5 nitrogen and oxygen atoms in total. The molecule has 1 unspecified atom stereocenters. The van der Waals surface area contributed by atoms with Gasteiger partial charge in [0.1, 0.15) is 0 Å². The molecule has 3 rings (SSSR count). The van der Waals surface area contributed by atoms with Gasteiger partial charge in [-0.2, -0.15) is 0 Å². The second-order valence-corrected chi connectivity index (χ2v) is 7.24. The third-order valence-electron chi connectivity index (χ3n) is 5.38. The number of hydroxylamine groups is 1. The number of aryl methyl sites for hydroxylation is 1. The standard InChI is InChI=1S/C23H24FN3O2/c1-4-17(21-25-13-15(2)14-26-21)11-10-16(3)19-12-23(19,20(24)22(28)27-29)18-8-6-5-7-9-18/h4-11,13-14,19-20,29H,3,12H2,1-2H3,(H,27,28)/b11-10-,17-4+/t19-,20?,23+/m1/s1. The van der Waals surface area contributed by atoms with Crippen LogP contribution < -0.4 is 5.48 Å². The number of carbonyl (C=O) groups is 1. The van der Waals surface area contributed by atoms with Crippen molar-refractivity contribution in [1.82, 2.24) is 15.4 Å². The number of allylic oxidation sites excluding steroid dienone is 5. The van der Waals surface area contributed by atoms with Gasteiger partial charge in [0.2, 0.25) is 0 Å². The van der Waals surface area contributed by atoms with E-state index in [-0.39, 0.29) is 5.92 Å². The fourth-order valence-corrected chi connectivity index (χ4v) is 3.68. The number of amides is 1. The van der Waals surface area contributed by atoms with Crippen molar-refractivity contribution < 1.29 is 14.4 Å². The Labute approximate surface area is 169 Å². The lowest BCUT2D eigenvalue weighted by atomic mass is 9.86. The van der Waals surface area contributed by atoms with Crippen molar-refractivity contribution in [3.8, 4) is 0 Å². The summed E-state index contributed by atoms with van der Waals surface area (Å²) in [5.74, 6) is -0.712. The first-order valence-electron chi connectivity index (χ1n) is 9.39. The lowest BCUT2D eigenvalue weighted by Crippen LogP contribution is -2.39. The molecule has 0 radical (unpaired) electrons. The largest absolute Gasteiger partial charge is 0.289 e. The van der Waals surface area contributed by atoms with Gasteiger partial charge in [0.05, 0.1) is 0 Å². The second kappa shape index (κ2) is 8.49. The van der Waals surface area contributed by atoms with Crippen molar-refractivity contribution in [2.24, 2.45) is 5.92 Å². The number of aromatic nitrogens is 2. The average Bonchev–Trinajstić information content (AvgIpc) is 3.51. The number of halogens is 1. The summed E-state index contributed by atoms with van der Waals surface area (Å²) in [5, 5.41) is 8.92. The third-order valence-corrected chi connectivity index (χ3v) is 5.38. The lowest BCUT2D eigenvalue weighted by molar-refractivity contribution is -0.135. The van der Waals surface area contributed by atoms with Crippen molar-refractivity contribution in [2.75, 3.05) is 0 Å². The van der Waals surface area contributed by atoms with Crippen LogP contribution in [0, 0.1) is 12.8 Å². The number of hydrogen-bond donors (Lipinski definition) is 2. The number of hydrogen-bond acceptors (Lipinski definition) is 4. The maximum atomic E-state index is 15.0. The molecule has 1 fully saturated rings. The predicted molar refractivity (Wildman–Crippen MR) is 110 cm³/mol. The van der Waals surface area contributed by atoms with Crippen LogP contribution >= 0.6 is 0 Å². The Morgan fingerprint density at radius 1 is 1.31 bits per heavy atom. The molecule has 2 aromatic rings. The fourth-order valence-electron chi connectivity index (χ4n) is 3.68. The Morgan fingerprint density at radius 2 is 1.97 bits per heavy atom. The van der Waals surface area contributed by atoms with Crippen molar-refractivity contribution >= 4 is 11.5 Å². The first-order chi connectivity index (χ1) is 13.9. The molecule has 1 aromatic carbocycles. The highest BCUT2D eigenvalue weighted by atomic mass is 19.1. The average molecular weight is 393 g/mol. The summed E-state index contributed by atoms with van der Waals surface area (Å²) in [5.41, 5.74) is 3.61. The van der Waals surface area contributed by atoms with Crippen LogP contribution in [0.4, 0.5) is 4.39 Å². The van der Waals surface area contributed by atoms with E-state index in [0.717, 1.165) is 11.1 Å². The summed E-state index contributed by atoms with van der Waals surface area (Å²) >= 11 is 0. The molecule has 150 valence electrons. The van der Waals surface area contributed by atoms with E-state index >= 15 is 4.39 Å². The minimum atomic E-state index is -1.88. The monoisotopic (exact) mass is 393 g/mol. The van der Waals surface area contributed by atoms with Gasteiger partial charge < -0.3 is 0 Å². The summed E-state index contributed by atoms with van der Waals surface area (Å²) in [4.78, 5) is 20.5. The smallest absolute Gasteiger partial charge is 0.278 e.